The average molecular weight is 445 g/mol. The van der Waals surface area contributed by atoms with Crippen molar-refractivity contribution in [1.29, 1.82) is 0 Å². The van der Waals surface area contributed by atoms with Gasteiger partial charge in [-0.25, -0.2) is 4.39 Å². The number of nitro groups is 1. The summed E-state index contributed by atoms with van der Waals surface area (Å²) < 4.78 is 15.2. The number of carbonyl (C=O) groups excluding carboxylic acids is 1. The van der Waals surface area contributed by atoms with Crippen LogP contribution in [0.5, 0.6) is 0 Å². The van der Waals surface area contributed by atoms with Gasteiger partial charge in [-0.05, 0) is 45.3 Å². The molecule has 0 saturated carbocycles. The highest BCUT2D eigenvalue weighted by Crippen LogP contribution is 2.21. The number of aromatic nitrogens is 2. The van der Waals surface area contributed by atoms with Gasteiger partial charge in [-0.1, -0.05) is 24.3 Å². The first-order chi connectivity index (χ1) is 13.4. The Balaban J connectivity index is 1.65. The largest absolute Gasteiger partial charge is 0.305 e. The predicted octanol–water partition coefficient (Wildman–Crippen LogP) is 4.39. The number of benzene rings is 2. The molecule has 0 aliphatic heterocycles. The van der Waals surface area contributed by atoms with E-state index in [1.54, 1.807) is 35.1 Å². The van der Waals surface area contributed by atoms with E-state index in [0.29, 0.717) is 22.4 Å². The second kappa shape index (κ2) is 8.57. The second-order valence-corrected chi connectivity index (χ2v) is 6.68. The van der Waals surface area contributed by atoms with Gasteiger partial charge in [0.15, 0.2) is 5.82 Å². The van der Waals surface area contributed by atoms with E-state index in [4.69, 9.17) is 0 Å². The fourth-order valence-electron chi connectivity index (χ4n) is 2.41. The lowest BCUT2D eigenvalue weighted by molar-refractivity contribution is -0.384. The predicted molar refractivity (Wildman–Crippen MR) is 106 cm³/mol. The van der Waals surface area contributed by atoms with Crippen LogP contribution in [0.15, 0.2) is 65.3 Å². The lowest BCUT2D eigenvalue weighted by Gasteiger charge is -2.02. The van der Waals surface area contributed by atoms with Crippen LogP contribution in [-0.2, 0) is 11.3 Å². The molecule has 0 bridgehead atoms. The lowest BCUT2D eigenvalue weighted by Crippen LogP contribution is -2.09. The van der Waals surface area contributed by atoms with Gasteiger partial charge in [-0.3, -0.25) is 19.6 Å². The number of rotatable bonds is 6. The highest BCUT2D eigenvalue weighted by molar-refractivity contribution is 9.10. The number of non-ortho nitro benzene ring substituents is 1. The standard InChI is InChI=1S/C19H14BrFN4O3/c20-17-12-24(11-14-4-7-15(21)8-5-14)23-19(17)22-18(26)9-6-13-2-1-3-16(10-13)25(27)28/h1-10,12H,11H2,(H,22,23,26)/b9-6+. The van der Waals surface area contributed by atoms with E-state index >= 15 is 0 Å². The first kappa shape index (κ1) is 19.4. The molecule has 1 aromatic heterocycles. The smallest absolute Gasteiger partial charge is 0.270 e. The van der Waals surface area contributed by atoms with Crippen LogP contribution >= 0.6 is 15.9 Å². The highest BCUT2D eigenvalue weighted by Gasteiger charge is 2.10. The summed E-state index contributed by atoms with van der Waals surface area (Å²) in [7, 11) is 0. The summed E-state index contributed by atoms with van der Waals surface area (Å²) in [5, 5.41) is 17.7. The van der Waals surface area contributed by atoms with Crippen molar-refractivity contribution < 1.29 is 14.1 Å². The van der Waals surface area contributed by atoms with Gasteiger partial charge >= 0.3 is 0 Å². The summed E-state index contributed by atoms with van der Waals surface area (Å²) in [6, 6.07) is 12.0. The van der Waals surface area contributed by atoms with Crippen LogP contribution in [0.4, 0.5) is 15.9 Å². The molecule has 0 aliphatic carbocycles. The van der Waals surface area contributed by atoms with Crippen molar-refractivity contribution in [3.05, 3.63) is 92.3 Å². The number of hydrogen-bond donors (Lipinski definition) is 1. The zero-order valence-electron chi connectivity index (χ0n) is 14.4. The average Bonchev–Trinajstić information content (AvgIpc) is 3.01. The molecular formula is C19H14BrFN4O3. The second-order valence-electron chi connectivity index (χ2n) is 5.82. The maximum Gasteiger partial charge on any atom is 0.270 e. The number of hydrogen-bond acceptors (Lipinski definition) is 4. The third kappa shape index (κ3) is 5.10. The Kier molecular flexibility index (Phi) is 5.95. The Morgan fingerprint density at radius 3 is 2.75 bits per heavy atom. The van der Waals surface area contributed by atoms with Gasteiger partial charge in [0, 0.05) is 24.4 Å². The highest BCUT2D eigenvalue weighted by atomic mass is 79.9. The number of amides is 1. The van der Waals surface area contributed by atoms with Crippen molar-refractivity contribution in [3.8, 4) is 0 Å². The van der Waals surface area contributed by atoms with E-state index in [0.717, 1.165) is 5.56 Å². The monoisotopic (exact) mass is 444 g/mol. The van der Waals surface area contributed by atoms with E-state index in [1.807, 2.05) is 0 Å². The molecule has 142 valence electrons. The molecule has 0 saturated heterocycles. The summed E-state index contributed by atoms with van der Waals surface area (Å²) in [5.74, 6) is -0.413. The molecule has 7 nitrogen and oxygen atoms in total. The quantitative estimate of drug-likeness (QED) is 0.346. The van der Waals surface area contributed by atoms with Crippen LogP contribution in [0, 0.1) is 15.9 Å². The fourth-order valence-corrected chi connectivity index (χ4v) is 2.83. The number of halogens is 2. The Bertz CT molecular complexity index is 1050. The number of nitro benzene ring substituents is 1. The van der Waals surface area contributed by atoms with Gasteiger partial charge in [-0.15, -0.1) is 0 Å². The van der Waals surface area contributed by atoms with E-state index in [-0.39, 0.29) is 11.5 Å². The summed E-state index contributed by atoms with van der Waals surface area (Å²) in [5.41, 5.74) is 1.34. The topological polar surface area (TPSA) is 90.1 Å². The minimum Gasteiger partial charge on any atom is -0.305 e. The summed E-state index contributed by atoms with van der Waals surface area (Å²) >= 11 is 3.33. The van der Waals surface area contributed by atoms with Crippen LogP contribution in [0.2, 0.25) is 0 Å². The summed E-state index contributed by atoms with van der Waals surface area (Å²) in [6.45, 7) is 0.415. The van der Waals surface area contributed by atoms with Crippen molar-refractivity contribution in [3.63, 3.8) is 0 Å². The van der Waals surface area contributed by atoms with E-state index in [9.17, 15) is 19.3 Å². The van der Waals surface area contributed by atoms with E-state index in [1.165, 1.54) is 36.4 Å². The normalized spacial score (nSPS) is 10.9. The van der Waals surface area contributed by atoms with Crippen LogP contribution in [0.1, 0.15) is 11.1 Å². The van der Waals surface area contributed by atoms with Crippen LogP contribution in [-0.4, -0.2) is 20.6 Å². The molecule has 1 N–H and O–H groups in total. The number of nitrogens with one attached hydrogen (secondary N) is 1. The zero-order chi connectivity index (χ0) is 20.1. The molecule has 0 fully saturated rings. The third-order valence-electron chi connectivity index (χ3n) is 3.72. The number of nitrogens with zero attached hydrogens (tertiary/aromatic N) is 3. The van der Waals surface area contributed by atoms with Gasteiger partial charge in [0.05, 0.1) is 15.9 Å². The molecule has 3 rings (SSSR count). The lowest BCUT2D eigenvalue weighted by atomic mass is 10.2. The first-order valence-corrected chi connectivity index (χ1v) is 8.91. The minimum atomic E-state index is -0.498. The van der Waals surface area contributed by atoms with Gasteiger partial charge < -0.3 is 5.32 Å². The van der Waals surface area contributed by atoms with Crippen molar-refractivity contribution >= 4 is 39.4 Å². The Hall–Kier alpha value is -3.33. The molecule has 0 aliphatic rings. The maximum atomic E-state index is 13.0. The molecular weight excluding hydrogens is 431 g/mol. The van der Waals surface area contributed by atoms with Gasteiger partial charge in [0.2, 0.25) is 5.91 Å². The van der Waals surface area contributed by atoms with Crippen LogP contribution < -0.4 is 5.32 Å². The molecule has 2 aromatic carbocycles. The molecule has 1 amide bonds. The molecule has 28 heavy (non-hydrogen) atoms. The molecule has 9 heteroatoms. The molecule has 0 spiro atoms. The van der Waals surface area contributed by atoms with Gasteiger partial charge in [0.1, 0.15) is 5.82 Å². The van der Waals surface area contributed by atoms with Crippen molar-refractivity contribution in [2.24, 2.45) is 0 Å². The summed E-state index contributed by atoms with van der Waals surface area (Å²) in [6.07, 6.45) is 4.44. The number of anilines is 1. The Labute approximate surface area is 167 Å². The maximum absolute atomic E-state index is 13.0. The van der Waals surface area contributed by atoms with E-state index in [2.05, 4.69) is 26.3 Å². The van der Waals surface area contributed by atoms with Gasteiger partial charge in [-0.2, -0.15) is 5.10 Å². The van der Waals surface area contributed by atoms with Crippen molar-refractivity contribution in [2.75, 3.05) is 5.32 Å². The van der Waals surface area contributed by atoms with Crippen molar-refractivity contribution in [2.45, 2.75) is 6.54 Å². The van der Waals surface area contributed by atoms with Gasteiger partial charge in [0.25, 0.3) is 5.69 Å². The molecule has 0 radical (unpaired) electrons. The van der Waals surface area contributed by atoms with Crippen LogP contribution in [0.3, 0.4) is 0 Å². The number of carbonyl (C=O) groups is 1. The van der Waals surface area contributed by atoms with Crippen LogP contribution in [0.25, 0.3) is 6.08 Å². The Morgan fingerprint density at radius 2 is 2.04 bits per heavy atom. The molecule has 0 atom stereocenters. The molecule has 0 unspecified atom stereocenters. The fraction of sp³-hybridized carbons (Fsp3) is 0.0526. The summed E-state index contributed by atoms with van der Waals surface area (Å²) in [4.78, 5) is 22.4. The zero-order valence-corrected chi connectivity index (χ0v) is 16.0. The minimum absolute atomic E-state index is 0.0511. The first-order valence-electron chi connectivity index (χ1n) is 8.11. The van der Waals surface area contributed by atoms with E-state index < -0.39 is 10.8 Å². The Morgan fingerprint density at radius 1 is 1.29 bits per heavy atom. The van der Waals surface area contributed by atoms with Crippen molar-refractivity contribution in [1.82, 2.24) is 9.78 Å². The SMILES string of the molecule is O=C(/C=C/c1cccc([N+](=O)[O-])c1)Nc1nn(Cc2ccc(F)cc2)cc1Br. The third-order valence-corrected chi connectivity index (χ3v) is 4.30. The molecule has 3 aromatic rings. The molecule has 1 heterocycles.